The van der Waals surface area contributed by atoms with Gasteiger partial charge in [-0.25, -0.2) is 9.97 Å². The number of aliphatic carboxylic acids is 1. The highest BCUT2D eigenvalue weighted by molar-refractivity contribution is 7.92. The number of carboxylic acid groups (broad SMARTS) is 1. The average Bonchev–Trinajstić information content (AvgIpc) is 2.88. The minimum Gasteiger partial charge on any atom is -0.493 e. The molecule has 9 nitrogen and oxygen atoms in total. The van der Waals surface area contributed by atoms with E-state index in [1.54, 1.807) is 30.9 Å². The maximum Gasteiger partial charge on any atom is 0.418 e. The number of alkyl halides is 3. The molecule has 2 aromatic heterocycles. The van der Waals surface area contributed by atoms with Gasteiger partial charge in [0.15, 0.2) is 5.03 Å². The van der Waals surface area contributed by atoms with Gasteiger partial charge in [-0.2, -0.15) is 21.6 Å². The molecule has 1 saturated heterocycles. The molecule has 2 N–H and O–H groups in total. The fraction of sp³-hybridized carbons (Fsp3) is 0.346. The van der Waals surface area contributed by atoms with Gasteiger partial charge in [-0.15, -0.1) is 0 Å². The molecule has 0 amide bonds. The number of ether oxygens (including phenoxy) is 1. The topological polar surface area (TPSA) is 122 Å². The Morgan fingerprint density at radius 1 is 1.13 bits per heavy atom. The maximum atomic E-state index is 13.8. The van der Waals surface area contributed by atoms with E-state index in [-0.39, 0.29) is 41.1 Å². The zero-order valence-electron chi connectivity index (χ0n) is 21.2. The number of aromatic nitrogens is 2. The van der Waals surface area contributed by atoms with Crippen LogP contribution in [0.25, 0.3) is 11.3 Å². The number of pyridine rings is 2. The van der Waals surface area contributed by atoms with Crippen LogP contribution in [0.1, 0.15) is 32.3 Å². The lowest BCUT2D eigenvalue weighted by atomic mass is 9.82. The molecular weight excluding hydrogens is 537 g/mol. The Labute approximate surface area is 223 Å². The Morgan fingerprint density at radius 3 is 2.56 bits per heavy atom. The van der Waals surface area contributed by atoms with E-state index >= 15 is 0 Å². The van der Waals surface area contributed by atoms with Crippen molar-refractivity contribution in [3.8, 4) is 17.0 Å². The number of rotatable bonds is 8. The summed E-state index contributed by atoms with van der Waals surface area (Å²) in [5.74, 6) is -0.848. The van der Waals surface area contributed by atoms with Crippen molar-refractivity contribution in [3.05, 3.63) is 60.2 Å². The number of halogens is 3. The zero-order valence-corrected chi connectivity index (χ0v) is 22.0. The highest BCUT2D eigenvalue weighted by Crippen LogP contribution is 2.40. The summed E-state index contributed by atoms with van der Waals surface area (Å²) < 4.78 is 75.6. The first kappa shape index (κ1) is 28.1. The third-order valence-electron chi connectivity index (χ3n) is 6.40. The Kier molecular flexibility index (Phi) is 7.73. The molecular formula is C26H27F3N4O5S. The number of carbonyl (C=O) groups is 1. The van der Waals surface area contributed by atoms with Crippen LogP contribution >= 0.6 is 0 Å². The van der Waals surface area contributed by atoms with E-state index in [1.165, 1.54) is 30.3 Å². The number of sulfonamides is 1. The van der Waals surface area contributed by atoms with Crippen LogP contribution in [0, 0.1) is 5.41 Å². The van der Waals surface area contributed by atoms with Crippen LogP contribution in [0.2, 0.25) is 0 Å². The number of anilines is 2. The van der Waals surface area contributed by atoms with Crippen molar-refractivity contribution in [3.63, 3.8) is 0 Å². The highest BCUT2D eigenvalue weighted by Gasteiger charge is 2.39. The number of nitrogens with one attached hydrogen (secondary N) is 1. The largest absolute Gasteiger partial charge is 0.493 e. The summed E-state index contributed by atoms with van der Waals surface area (Å²) in [6.07, 6.45) is -3.69. The molecule has 0 unspecified atom stereocenters. The first-order valence-corrected chi connectivity index (χ1v) is 13.6. The van der Waals surface area contributed by atoms with Gasteiger partial charge in [-0.3, -0.25) is 9.52 Å². The third-order valence-corrected chi connectivity index (χ3v) is 7.66. The summed E-state index contributed by atoms with van der Waals surface area (Å²) in [7, 11) is -4.37. The van der Waals surface area contributed by atoms with E-state index < -0.39 is 38.8 Å². The van der Waals surface area contributed by atoms with Crippen LogP contribution in [0.15, 0.2) is 59.6 Å². The fourth-order valence-electron chi connectivity index (χ4n) is 4.42. The molecule has 208 valence electrons. The van der Waals surface area contributed by atoms with Gasteiger partial charge in [0, 0.05) is 18.7 Å². The molecule has 1 aromatic carbocycles. The maximum absolute atomic E-state index is 13.8. The normalized spacial score (nSPS) is 18.0. The second-order valence-electron chi connectivity index (χ2n) is 9.35. The van der Waals surface area contributed by atoms with E-state index in [0.717, 1.165) is 12.1 Å². The zero-order chi connectivity index (χ0) is 28.4. The Hall–Kier alpha value is -3.87. The van der Waals surface area contributed by atoms with Crippen LogP contribution in [0.4, 0.5) is 24.8 Å². The summed E-state index contributed by atoms with van der Waals surface area (Å²) >= 11 is 0. The number of hydrogen-bond donors (Lipinski definition) is 2. The molecule has 3 aromatic rings. The quantitative estimate of drug-likeness (QED) is 0.390. The van der Waals surface area contributed by atoms with Crippen LogP contribution in [0.3, 0.4) is 0 Å². The van der Waals surface area contributed by atoms with Gasteiger partial charge in [0.25, 0.3) is 10.0 Å². The summed E-state index contributed by atoms with van der Waals surface area (Å²) in [4.78, 5) is 21.7. The second-order valence-corrected chi connectivity index (χ2v) is 11.0. The third kappa shape index (κ3) is 6.08. The first-order valence-electron chi connectivity index (χ1n) is 12.1. The van der Waals surface area contributed by atoms with Crippen molar-refractivity contribution < 1.29 is 36.2 Å². The summed E-state index contributed by atoms with van der Waals surface area (Å²) in [5.41, 5.74) is -2.50. The van der Waals surface area contributed by atoms with E-state index in [1.807, 2.05) is 0 Å². The molecule has 3 heterocycles. The average molecular weight is 565 g/mol. The monoisotopic (exact) mass is 564 g/mol. The molecule has 1 atom stereocenters. The van der Waals surface area contributed by atoms with Gasteiger partial charge in [0.05, 0.1) is 23.3 Å². The Morgan fingerprint density at radius 2 is 1.87 bits per heavy atom. The SMILES string of the molecule is CCOc1ccccc1-c1nc(NS(=O)(=O)c2cccc(N3CCC[C@@](C)(C(=O)O)C3)n2)ccc1C(F)(F)F. The number of carboxylic acids is 1. The molecule has 0 radical (unpaired) electrons. The summed E-state index contributed by atoms with van der Waals surface area (Å²) in [5, 5.41) is 9.21. The lowest BCUT2D eigenvalue weighted by Gasteiger charge is -2.38. The number of hydrogen-bond acceptors (Lipinski definition) is 7. The smallest absolute Gasteiger partial charge is 0.418 e. The molecule has 1 aliphatic heterocycles. The van der Waals surface area contributed by atoms with Gasteiger partial charge in [-0.1, -0.05) is 18.2 Å². The van der Waals surface area contributed by atoms with Crippen molar-refractivity contribution in [2.75, 3.05) is 29.3 Å². The minimum absolute atomic E-state index is 0.0550. The van der Waals surface area contributed by atoms with Gasteiger partial charge < -0.3 is 14.7 Å². The second kappa shape index (κ2) is 10.7. The molecule has 0 saturated carbocycles. The molecule has 0 bridgehead atoms. The van der Waals surface area contributed by atoms with Gasteiger partial charge in [0.2, 0.25) is 0 Å². The van der Waals surface area contributed by atoms with Crippen LogP contribution in [-0.2, 0) is 21.0 Å². The minimum atomic E-state index is -4.76. The lowest BCUT2D eigenvalue weighted by molar-refractivity contribution is -0.148. The van der Waals surface area contributed by atoms with Crippen molar-refractivity contribution in [2.24, 2.45) is 5.41 Å². The van der Waals surface area contributed by atoms with E-state index in [0.29, 0.717) is 19.4 Å². The summed E-state index contributed by atoms with van der Waals surface area (Å²) in [6, 6.07) is 12.0. The van der Waals surface area contributed by atoms with Gasteiger partial charge >= 0.3 is 12.1 Å². The molecule has 1 aliphatic rings. The molecule has 13 heteroatoms. The molecule has 4 rings (SSSR count). The van der Waals surface area contributed by atoms with Crippen LogP contribution in [0.5, 0.6) is 5.75 Å². The van der Waals surface area contributed by atoms with Crippen molar-refractivity contribution >= 4 is 27.6 Å². The highest BCUT2D eigenvalue weighted by atomic mass is 32.2. The molecule has 0 spiro atoms. The number of piperidine rings is 1. The predicted molar refractivity (Wildman–Crippen MR) is 138 cm³/mol. The number of para-hydroxylation sites is 1. The summed E-state index contributed by atoms with van der Waals surface area (Å²) in [6.45, 7) is 4.16. The van der Waals surface area contributed by atoms with E-state index in [2.05, 4.69) is 14.7 Å². The van der Waals surface area contributed by atoms with E-state index in [4.69, 9.17) is 4.74 Å². The van der Waals surface area contributed by atoms with Gasteiger partial charge in [-0.05, 0) is 63.1 Å². The first-order chi connectivity index (χ1) is 18.3. The van der Waals surface area contributed by atoms with Gasteiger partial charge in [0.1, 0.15) is 17.4 Å². The molecule has 39 heavy (non-hydrogen) atoms. The number of benzene rings is 1. The predicted octanol–water partition coefficient (Wildman–Crippen LogP) is 5.05. The fourth-order valence-corrected chi connectivity index (χ4v) is 5.39. The molecule has 0 aliphatic carbocycles. The van der Waals surface area contributed by atoms with E-state index in [9.17, 15) is 31.5 Å². The number of nitrogens with zero attached hydrogens (tertiary/aromatic N) is 3. The standard InChI is InChI=1S/C26H27F3N4O5S/c1-3-38-19-9-5-4-8-17(19)23-18(26(27,28)29)12-13-20(30-23)32-39(36,37)22-11-6-10-21(31-22)33-15-7-14-25(2,16-33)24(34)35/h4-6,8-13H,3,7,14-16H2,1-2H3,(H,30,32)(H,34,35)/t25-/m1/s1. The lowest BCUT2D eigenvalue weighted by Crippen LogP contribution is -2.46. The van der Waals surface area contributed by atoms with Crippen molar-refractivity contribution in [2.45, 2.75) is 37.9 Å². The Balaban J connectivity index is 1.68. The Bertz CT molecular complexity index is 1480. The van der Waals surface area contributed by atoms with Crippen molar-refractivity contribution in [1.29, 1.82) is 0 Å². The van der Waals surface area contributed by atoms with Crippen LogP contribution in [-0.4, -0.2) is 49.2 Å². The van der Waals surface area contributed by atoms with Crippen LogP contribution < -0.4 is 14.4 Å². The van der Waals surface area contributed by atoms with Crippen molar-refractivity contribution in [1.82, 2.24) is 9.97 Å². The molecule has 1 fully saturated rings.